The molecule has 0 aliphatic rings. The number of nitrogens with one attached hydrogen (secondary N) is 1. The third-order valence-electron chi connectivity index (χ3n) is 1.13. The van der Waals surface area contributed by atoms with Crippen LogP contribution in [0.4, 0.5) is 0 Å². The van der Waals surface area contributed by atoms with Crippen molar-refractivity contribution in [2.45, 2.75) is 19.8 Å². The minimum atomic E-state index is -0.0722. The van der Waals surface area contributed by atoms with Crippen LogP contribution in [0.2, 0.25) is 0 Å². The number of carbonyl (C=O) groups is 1. The van der Waals surface area contributed by atoms with Crippen LogP contribution in [0.25, 0.3) is 0 Å². The fraction of sp³-hybridized carbons (Fsp3) is 0.444. The van der Waals surface area contributed by atoms with Gasteiger partial charge in [0.1, 0.15) is 0 Å². The lowest BCUT2D eigenvalue weighted by Gasteiger charge is -1.98. The second kappa shape index (κ2) is 6.88. The second-order valence-corrected chi connectivity index (χ2v) is 2.09. The molecule has 0 spiro atoms. The molecule has 0 unspecified atom stereocenters. The van der Waals surface area contributed by atoms with E-state index in [9.17, 15) is 4.79 Å². The van der Waals surface area contributed by atoms with Crippen molar-refractivity contribution >= 4 is 5.91 Å². The summed E-state index contributed by atoms with van der Waals surface area (Å²) in [6, 6.07) is 0. The molecule has 0 atom stereocenters. The molecule has 0 saturated heterocycles. The highest BCUT2D eigenvalue weighted by atomic mass is 16.1. The summed E-state index contributed by atoms with van der Waals surface area (Å²) in [5, 5.41) is 2.69. The maximum Gasteiger partial charge on any atom is 0.232 e. The van der Waals surface area contributed by atoms with E-state index in [1.165, 1.54) is 0 Å². The molecule has 0 rings (SSSR count). The topological polar surface area (TPSA) is 29.1 Å². The molecular weight excluding hydrogens is 138 g/mol. The van der Waals surface area contributed by atoms with Crippen molar-refractivity contribution in [2.24, 2.45) is 0 Å². The summed E-state index contributed by atoms with van der Waals surface area (Å²) < 4.78 is 0. The van der Waals surface area contributed by atoms with Crippen LogP contribution < -0.4 is 5.32 Å². The first-order valence-corrected chi connectivity index (χ1v) is 3.62. The zero-order chi connectivity index (χ0) is 8.53. The molecule has 0 fully saturated rings. The molecule has 2 heteroatoms. The summed E-state index contributed by atoms with van der Waals surface area (Å²) in [5.74, 6) is 2.21. The normalized spacial score (nSPS) is 9.45. The molecule has 1 N–H and O–H groups in total. The predicted molar refractivity (Wildman–Crippen MR) is 45.9 cm³/mol. The van der Waals surface area contributed by atoms with E-state index in [4.69, 9.17) is 6.42 Å². The van der Waals surface area contributed by atoms with E-state index in [1.807, 2.05) is 19.1 Å². The first-order chi connectivity index (χ1) is 5.31. The van der Waals surface area contributed by atoms with Crippen LogP contribution in [0.5, 0.6) is 0 Å². The summed E-state index contributed by atoms with van der Waals surface area (Å²) >= 11 is 0. The van der Waals surface area contributed by atoms with Gasteiger partial charge in [-0.25, -0.2) is 0 Å². The molecule has 0 aromatic rings. The molecule has 0 aromatic heterocycles. The maximum atomic E-state index is 10.7. The molecule has 60 valence electrons. The predicted octanol–water partition coefficient (Wildman–Crippen LogP) is 1.09. The number of carbonyl (C=O) groups excluding carboxylic acids is 1. The molecule has 0 saturated carbocycles. The van der Waals surface area contributed by atoms with Gasteiger partial charge in [-0.3, -0.25) is 4.79 Å². The van der Waals surface area contributed by atoms with Gasteiger partial charge in [-0.2, -0.15) is 0 Å². The van der Waals surface area contributed by atoms with Crippen molar-refractivity contribution in [2.75, 3.05) is 6.54 Å². The Bertz CT molecular complexity index is 176. The van der Waals surface area contributed by atoms with E-state index in [0.717, 1.165) is 6.42 Å². The van der Waals surface area contributed by atoms with Crippen LogP contribution in [-0.2, 0) is 4.79 Å². The van der Waals surface area contributed by atoms with Crippen molar-refractivity contribution in [1.82, 2.24) is 5.32 Å². The van der Waals surface area contributed by atoms with Gasteiger partial charge < -0.3 is 5.32 Å². The standard InChI is InChI=1S/C9H13NO/c1-3-5-6-8-10-9(11)7-4-2/h2-3,5H,6-8H2,1H3,(H,10,11)/b5-3+. The van der Waals surface area contributed by atoms with Gasteiger partial charge in [0.05, 0.1) is 6.42 Å². The van der Waals surface area contributed by atoms with E-state index >= 15 is 0 Å². The van der Waals surface area contributed by atoms with Crippen molar-refractivity contribution < 1.29 is 4.79 Å². The molecule has 0 heterocycles. The number of amides is 1. The molecule has 0 bridgehead atoms. The second-order valence-electron chi connectivity index (χ2n) is 2.09. The van der Waals surface area contributed by atoms with Gasteiger partial charge in [0.15, 0.2) is 0 Å². The maximum absolute atomic E-state index is 10.7. The highest BCUT2D eigenvalue weighted by molar-refractivity contribution is 5.78. The van der Waals surface area contributed by atoms with Crippen LogP contribution >= 0.6 is 0 Å². The zero-order valence-corrected chi connectivity index (χ0v) is 6.76. The number of allylic oxidation sites excluding steroid dienone is 1. The monoisotopic (exact) mass is 151 g/mol. The molecule has 0 aliphatic carbocycles. The van der Waals surface area contributed by atoms with Gasteiger partial charge in [-0.05, 0) is 13.3 Å². The lowest BCUT2D eigenvalue weighted by Crippen LogP contribution is -2.23. The summed E-state index contributed by atoms with van der Waals surface area (Å²) in [6.07, 6.45) is 9.93. The van der Waals surface area contributed by atoms with Gasteiger partial charge in [0, 0.05) is 6.54 Å². The Morgan fingerprint density at radius 3 is 3.00 bits per heavy atom. The van der Waals surface area contributed by atoms with E-state index in [0.29, 0.717) is 6.54 Å². The first kappa shape index (κ1) is 9.77. The Hall–Kier alpha value is -1.23. The Labute approximate surface area is 67.7 Å². The Morgan fingerprint density at radius 1 is 1.73 bits per heavy atom. The number of terminal acetylenes is 1. The van der Waals surface area contributed by atoms with E-state index in [-0.39, 0.29) is 12.3 Å². The highest BCUT2D eigenvalue weighted by Crippen LogP contribution is 1.81. The smallest absolute Gasteiger partial charge is 0.232 e. The largest absolute Gasteiger partial charge is 0.355 e. The number of hydrogen-bond donors (Lipinski definition) is 1. The van der Waals surface area contributed by atoms with E-state index in [1.54, 1.807) is 0 Å². The van der Waals surface area contributed by atoms with Gasteiger partial charge in [0.2, 0.25) is 5.91 Å². The molecule has 0 aliphatic heterocycles. The summed E-state index contributed by atoms with van der Waals surface area (Å²) in [6.45, 7) is 2.62. The average molecular weight is 151 g/mol. The highest BCUT2D eigenvalue weighted by Gasteiger charge is 1.93. The molecule has 0 aromatic carbocycles. The summed E-state index contributed by atoms with van der Waals surface area (Å²) in [4.78, 5) is 10.7. The van der Waals surface area contributed by atoms with Crippen LogP contribution in [0.3, 0.4) is 0 Å². The van der Waals surface area contributed by atoms with Gasteiger partial charge in [-0.15, -0.1) is 6.42 Å². The van der Waals surface area contributed by atoms with Gasteiger partial charge in [0.25, 0.3) is 0 Å². The molecule has 2 nitrogen and oxygen atoms in total. The van der Waals surface area contributed by atoms with Gasteiger partial charge in [-0.1, -0.05) is 18.1 Å². The average Bonchev–Trinajstić information content (AvgIpc) is 1.99. The van der Waals surface area contributed by atoms with Crippen LogP contribution in [0.15, 0.2) is 12.2 Å². The van der Waals surface area contributed by atoms with Crippen molar-refractivity contribution in [3.8, 4) is 12.3 Å². The Kier molecular flexibility index (Phi) is 6.11. The SMILES string of the molecule is C#CCC(=O)NCC/C=C/C. The molecule has 11 heavy (non-hydrogen) atoms. The van der Waals surface area contributed by atoms with Crippen LogP contribution in [0, 0.1) is 12.3 Å². The molecular formula is C9H13NO. The first-order valence-electron chi connectivity index (χ1n) is 3.62. The lowest BCUT2D eigenvalue weighted by atomic mass is 10.3. The lowest BCUT2D eigenvalue weighted by molar-refractivity contribution is -0.120. The number of hydrogen-bond acceptors (Lipinski definition) is 1. The summed E-state index contributed by atoms with van der Waals surface area (Å²) in [7, 11) is 0. The fourth-order valence-corrected chi connectivity index (χ4v) is 0.617. The number of rotatable bonds is 4. The Morgan fingerprint density at radius 2 is 2.45 bits per heavy atom. The summed E-state index contributed by atoms with van der Waals surface area (Å²) in [5.41, 5.74) is 0. The zero-order valence-electron chi connectivity index (χ0n) is 6.76. The third kappa shape index (κ3) is 6.66. The van der Waals surface area contributed by atoms with E-state index in [2.05, 4.69) is 11.2 Å². The van der Waals surface area contributed by atoms with Crippen LogP contribution in [-0.4, -0.2) is 12.5 Å². The molecule has 1 amide bonds. The fourth-order valence-electron chi connectivity index (χ4n) is 0.617. The minimum absolute atomic E-state index is 0.0722. The minimum Gasteiger partial charge on any atom is -0.355 e. The quantitative estimate of drug-likeness (QED) is 0.364. The molecule has 0 radical (unpaired) electrons. The van der Waals surface area contributed by atoms with E-state index < -0.39 is 0 Å². The third-order valence-corrected chi connectivity index (χ3v) is 1.13. The van der Waals surface area contributed by atoms with Crippen molar-refractivity contribution in [3.05, 3.63) is 12.2 Å². The van der Waals surface area contributed by atoms with Crippen molar-refractivity contribution in [3.63, 3.8) is 0 Å². The van der Waals surface area contributed by atoms with Crippen molar-refractivity contribution in [1.29, 1.82) is 0 Å². The van der Waals surface area contributed by atoms with Gasteiger partial charge >= 0.3 is 0 Å². The Balaban J connectivity index is 3.26. The van der Waals surface area contributed by atoms with Crippen LogP contribution in [0.1, 0.15) is 19.8 Å².